The second-order valence-electron chi connectivity index (χ2n) is 4.57. The maximum atomic E-state index is 4.40. The molecule has 15 heavy (non-hydrogen) atoms. The normalized spacial score (nSPS) is 21.4. The van der Waals surface area contributed by atoms with Gasteiger partial charge in [0, 0.05) is 0 Å². The third-order valence-corrected chi connectivity index (χ3v) is 2.75. The van der Waals surface area contributed by atoms with Crippen LogP contribution in [0.4, 0.5) is 0 Å². The average Bonchev–Trinajstić information content (AvgIpc) is 2.85. The molecule has 1 aliphatic heterocycles. The summed E-state index contributed by atoms with van der Waals surface area (Å²) < 4.78 is 0. The van der Waals surface area contributed by atoms with Crippen molar-refractivity contribution >= 4 is 0 Å². The quantitative estimate of drug-likeness (QED) is 0.808. The van der Waals surface area contributed by atoms with Crippen LogP contribution in [0.5, 0.6) is 0 Å². The van der Waals surface area contributed by atoms with Crippen molar-refractivity contribution < 1.29 is 0 Å². The van der Waals surface area contributed by atoms with Crippen LogP contribution in [0.15, 0.2) is 0 Å². The molecule has 1 aliphatic rings. The van der Waals surface area contributed by atoms with Crippen molar-refractivity contribution in [3.63, 3.8) is 0 Å². The van der Waals surface area contributed by atoms with Crippen molar-refractivity contribution in [3.05, 3.63) is 5.82 Å². The summed E-state index contributed by atoms with van der Waals surface area (Å²) in [5, 5.41) is 15.9. The molecule has 5 nitrogen and oxygen atoms in total. The van der Waals surface area contributed by atoms with Crippen molar-refractivity contribution in [1.29, 1.82) is 0 Å². The summed E-state index contributed by atoms with van der Waals surface area (Å²) >= 11 is 0. The first kappa shape index (κ1) is 10.5. The molecule has 1 aromatic heterocycles. The van der Waals surface area contributed by atoms with Gasteiger partial charge in [-0.2, -0.15) is 4.80 Å². The van der Waals surface area contributed by atoms with Crippen LogP contribution in [0, 0.1) is 5.92 Å². The Labute approximate surface area is 90.2 Å². The van der Waals surface area contributed by atoms with E-state index in [0.717, 1.165) is 31.8 Å². The molecule has 0 aliphatic carbocycles. The molecule has 2 rings (SSSR count). The van der Waals surface area contributed by atoms with Gasteiger partial charge in [-0.1, -0.05) is 13.8 Å². The lowest BCUT2D eigenvalue weighted by Crippen LogP contribution is -2.14. The number of nitrogens with one attached hydrogen (secondary N) is 1. The highest BCUT2D eigenvalue weighted by atomic mass is 15.6. The SMILES string of the molecule is CC(C)CCn1nnc(C2CCCN2)n1. The molecular weight excluding hydrogens is 190 g/mol. The Morgan fingerprint density at radius 1 is 1.53 bits per heavy atom. The van der Waals surface area contributed by atoms with E-state index in [1.807, 2.05) is 0 Å². The lowest BCUT2D eigenvalue weighted by molar-refractivity contribution is 0.439. The molecule has 0 spiro atoms. The van der Waals surface area contributed by atoms with Crippen LogP contribution in [0.3, 0.4) is 0 Å². The molecule has 5 heteroatoms. The van der Waals surface area contributed by atoms with E-state index >= 15 is 0 Å². The molecule has 0 saturated carbocycles. The average molecular weight is 209 g/mol. The third kappa shape index (κ3) is 2.75. The molecule has 1 saturated heterocycles. The number of hydrogen-bond acceptors (Lipinski definition) is 4. The largest absolute Gasteiger partial charge is 0.307 e. The summed E-state index contributed by atoms with van der Waals surface area (Å²) in [5.41, 5.74) is 0. The second kappa shape index (κ2) is 4.70. The molecule has 1 N–H and O–H groups in total. The number of nitrogens with zero attached hydrogens (tertiary/aromatic N) is 4. The fourth-order valence-electron chi connectivity index (χ4n) is 1.77. The van der Waals surface area contributed by atoms with E-state index in [9.17, 15) is 0 Å². The van der Waals surface area contributed by atoms with E-state index in [-0.39, 0.29) is 0 Å². The molecule has 0 aromatic carbocycles. The first-order valence-corrected chi connectivity index (χ1v) is 5.77. The molecule has 0 bridgehead atoms. The molecular formula is C10H19N5. The van der Waals surface area contributed by atoms with E-state index in [1.54, 1.807) is 4.80 Å². The van der Waals surface area contributed by atoms with Gasteiger partial charge in [-0.15, -0.1) is 10.2 Å². The van der Waals surface area contributed by atoms with Gasteiger partial charge in [0.15, 0.2) is 5.82 Å². The predicted octanol–water partition coefficient (Wildman–Crippen LogP) is 1.14. The molecule has 0 amide bonds. The highest BCUT2D eigenvalue weighted by molar-refractivity contribution is 4.92. The molecule has 2 heterocycles. The van der Waals surface area contributed by atoms with E-state index in [4.69, 9.17) is 0 Å². The minimum atomic E-state index is 0.331. The van der Waals surface area contributed by atoms with Gasteiger partial charge in [0.2, 0.25) is 0 Å². The predicted molar refractivity (Wildman–Crippen MR) is 57.2 cm³/mol. The minimum Gasteiger partial charge on any atom is -0.307 e. The van der Waals surface area contributed by atoms with Crippen molar-refractivity contribution in [2.45, 2.75) is 45.7 Å². The number of tetrazole rings is 1. The maximum Gasteiger partial charge on any atom is 0.191 e. The van der Waals surface area contributed by atoms with Crippen molar-refractivity contribution in [2.24, 2.45) is 5.92 Å². The lowest BCUT2D eigenvalue weighted by Gasteiger charge is -2.03. The molecule has 1 atom stereocenters. The summed E-state index contributed by atoms with van der Waals surface area (Å²) in [4.78, 5) is 1.72. The van der Waals surface area contributed by atoms with Crippen molar-refractivity contribution in [1.82, 2.24) is 25.5 Å². The van der Waals surface area contributed by atoms with E-state index in [1.165, 1.54) is 6.42 Å². The van der Waals surface area contributed by atoms with Gasteiger partial charge in [0.05, 0.1) is 12.6 Å². The van der Waals surface area contributed by atoms with Crippen LogP contribution in [-0.2, 0) is 6.54 Å². The molecule has 1 unspecified atom stereocenters. The van der Waals surface area contributed by atoms with Crippen molar-refractivity contribution in [3.8, 4) is 0 Å². The van der Waals surface area contributed by atoms with Crippen LogP contribution in [0.1, 0.15) is 45.0 Å². The summed E-state index contributed by atoms with van der Waals surface area (Å²) in [6.45, 7) is 6.36. The topological polar surface area (TPSA) is 55.6 Å². The summed E-state index contributed by atoms with van der Waals surface area (Å²) in [7, 11) is 0. The van der Waals surface area contributed by atoms with Crippen LogP contribution in [0.25, 0.3) is 0 Å². The van der Waals surface area contributed by atoms with Crippen LogP contribution in [0.2, 0.25) is 0 Å². The number of aryl methyl sites for hydroxylation is 1. The molecule has 84 valence electrons. The van der Waals surface area contributed by atoms with Crippen LogP contribution >= 0.6 is 0 Å². The zero-order chi connectivity index (χ0) is 10.7. The zero-order valence-electron chi connectivity index (χ0n) is 9.48. The molecule has 0 radical (unpaired) electrons. The smallest absolute Gasteiger partial charge is 0.191 e. The Hall–Kier alpha value is -0.970. The Morgan fingerprint density at radius 3 is 3.07 bits per heavy atom. The van der Waals surface area contributed by atoms with E-state index in [0.29, 0.717) is 12.0 Å². The van der Waals surface area contributed by atoms with Crippen LogP contribution in [-0.4, -0.2) is 26.8 Å². The van der Waals surface area contributed by atoms with Crippen LogP contribution < -0.4 is 5.32 Å². The fourth-order valence-corrected chi connectivity index (χ4v) is 1.77. The third-order valence-electron chi connectivity index (χ3n) is 2.75. The maximum absolute atomic E-state index is 4.40. The van der Waals surface area contributed by atoms with E-state index < -0.39 is 0 Å². The van der Waals surface area contributed by atoms with Crippen molar-refractivity contribution in [2.75, 3.05) is 6.54 Å². The first-order chi connectivity index (χ1) is 7.25. The molecule has 1 aromatic rings. The Kier molecular flexibility index (Phi) is 3.30. The van der Waals surface area contributed by atoms with Gasteiger partial charge in [-0.3, -0.25) is 0 Å². The Balaban J connectivity index is 1.91. The minimum absolute atomic E-state index is 0.331. The van der Waals surface area contributed by atoms with Gasteiger partial charge in [0.25, 0.3) is 0 Å². The Morgan fingerprint density at radius 2 is 2.40 bits per heavy atom. The van der Waals surface area contributed by atoms with Gasteiger partial charge in [0.1, 0.15) is 0 Å². The highest BCUT2D eigenvalue weighted by Gasteiger charge is 2.20. The van der Waals surface area contributed by atoms with Gasteiger partial charge >= 0.3 is 0 Å². The summed E-state index contributed by atoms with van der Waals surface area (Å²) in [6.07, 6.45) is 3.45. The number of aromatic nitrogens is 4. The van der Waals surface area contributed by atoms with Gasteiger partial charge in [-0.25, -0.2) is 0 Å². The summed E-state index contributed by atoms with van der Waals surface area (Å²) in [6, 6.07) is 0.331. The highest BCUT2D eigenvalue weighted by Crippen LogP contribution is 2.18. The summed E-state index contributed by atoms with van der Waals surface area (Å²) in [5.74, 6) is 1.54. The number of hydrogen-bond donors (Lipinski definition) is 1. The lowest BCUT2D eigenvalue weighted by atomic mass is 10.1. The Bertz CT molecular complexity index is 301. The second-order valence-corrected chi connectivity index (χ2v) is 4.57. The first-order valence-electron chi connectivity index (χ1n) is 5.77. The van der Waals surface area contributed by atoms with Gasteiger partial charge in [-0.05, 0) is 36.9 Å². The fraction of sp³-hybridized carbons (Fsp3) is 0.900. The zero-order valence-corrected chi connectivity index (χ0v) is 9.48. The monoisotopic (exact) mass is 209 g/mol. The number of rotatable bonds is 4. The van der Waals surface area contributed by atoms with Gasteiger partial charge < -0.3 is 5.32 Å². The van der Waals surface area contributed by atoms with E-state index in [2.05, 4.69) is 34.6 Å². The standard InChI is InChI=1S/C10H19N5/c1-8(2)5-7-15-13-10(12-14-15)9-4-3-6-11-9/h8-9,11H,3-7H2,1-2H3. The molecule has 1 fully saturated rings.